The highest BCUT2D eigenvalue weighted by molar-refractivity contribution is 6.05. The van der Waals surface area contributed by atoms with Crippen molar-refractivity contribution in [3.63, 3.8) is 0 Å². The molecule has 0 fully saturated rings. The lowest BCUT2D eigenvalue weighted by atomic mass is 10.1. The second kappa shape index (κ2) is 7.17. The van der Waals surface area contributed by atoms with E-state index in [2.05, 4.69) is 29.5 Å². The highest BCUT2D eigenvalue weighted by Gasteiger charge is 2.15. The molecule has 1 aromatic heterocycles. The van der Waals surface area contributed by atoms with Crippen molar-refractivity contribution in [1.82, 2.24) is 15.2 Å². The zero-order valence-corrected chi connectivity index (χ0v) is 14.0. The molecule has 0 bridgehead atoms. The van der Waals surface area contributed by atoms with Gasteiger partial charge in [-0.1, -0.05) is 32.0 Å². The topological polar surface area (TPSA) is 76.3 Å². The molecular formula is C17H22N4O2. The number of hydrogen-bond acceptors (Lipinski definition) is 4. The molecule has 0 unspecified atom stereocenters. The van der Waals surface area contributed by atoms with E-state index in [1.807, 2.05) is 6.92 Å². The molecule has 6 heteroatoms. The minimum atomic E-state index is -0.416. The molecule has 0 spiro atoms. The second-order valence-corrected chi connectivity index (χ2v) is 6.04. The first-order chi connectivity index (χ1) is 10.9. The van der Waals surface area contributed by atoms with Crippen LogP contribution in [0.4, 0.5) is 0 Å². The van der Waals surface area contributed by atoms with Crippen molar-refractivity contribution in [2.24, 2.45) is 18.1 Å². The number of carbonyl (C=O) groups excluding carboxylic acids is 1. The van der Waals surface area contributed by atoms with Crippen molar-refractivity contribution in [3.05, 3.63) is 40.3 Å². The van der Waals surface area contributed by atoms with Gasteiger partial charge in [-0.05, 0) is 31.7 Å². The van der Waals surface area contributed by atoms with Gasteiger partial charge in [0.15, 0.2) is 5.69 Å². The van der Waals surface area contributed by atoms with Crippen LogP contribution in [0.25, 0.3) is 10.8 Å². The maximum absolute atomic E-state index is 12.4. The van der Waals surface area contributed by atoms with Crippen LogP contribution in [-0.2, 0) is 7.05 Å². The summed E-state index contributed by atoms with van der Waals surface area (Å²) in [6, 6.07) is 6.94. The lowest BCUT2D eigenvalue weighted by Gasteiger charge is -2.07. The monoisotopic (exact) mass is 314 g/mol. The van der Waals surface area contributed by atoms with E-state index in [-0.39, 0.29) is 11.3 Å². The molecule has 1 amide bonds. The summed E-state index contributed by atoms with van der Waals surface area (Å²) in [5.74, 6) is 0.172. The first kappa shape index (κ1) is 16.9. The SMILES string of the molecule is C/C(CCC(C)C)=N\NC(=O)c1nn(C)c(=O)c2ccccc12. The van der Waals surface area contributed by atoms with E-state index in [1.54, 1.807) is 24.3 Å². The fraction of sp³-hybridized carbons (Fsp3) is 0.412. The molecule has 23 heavy (non-hydrogen) atoms. The third-order valence-electron chi connectivity index (χ3n) is 3.60. The number of rotatable bonds is 5. The molecule has 0 saturated carbocycles. The lowest BCUT2D eigenvalue weighted by molar-refractivity contribution is 0.0949. The van der Waals surface area contributed by atoms with Crippen LogP contribution >= 0.6 is 0 Å². The first-order valence-electron chi connectivity index (χ1n) is 7.69. The minimum absolute atomic E-state index is 0.197. The Hall–Kier alpha value is -2.50. The Labute approximate surface area is 135 Å². The average molecular weight is 314 g/mol. The van der Waals surface area contributed by atoms with E-state index in [4.69, 9.17) is 0 Å². The number of carbonyl (C=O) groups is 1. The number of benzene rings is 1. The lowest BCUT2D eigenvalue weighted by Crippen LogP contribution is -2.27. The zero-order chi connectivity index (χ0) is 17.0. The number of hydrazone groups is 1. The Kier molecular flexibility index (Phi) is 5.26. The molecule has 0 atom stereocenters. The zero-order valence-electron chi connectivity index (χ0n) is 14.0. The molecule has 1 aromatic carbocycles. The number of hydrogen-bond donors (Lipinski definition) is 1. The fourth-order valence-electron chi connectivity index (χ4n) is 2.22. The van der Waals surface area contributed by atoms with E-state index < -0.39 is 5.91 Å². The molecule has 0 aliphatic rings. The van der Waals surface area contributed by atoms with Gasteiger partial charge in [0.1, 0.15) is 0 Å². The smallest absolute Gasteiger partial charge is 0.267 e. The van der Waals surface area contributed by atoms with Crippen LogP contribution in [0.2, 0.25) is 0 Å². The summed E-state index contributed by atoms with van der Waals surface area (Å²) in [4.78, 5) is 24.4. The van der Waals surface area contributed by atoms with E-state index in [9.17, 15) is 9.59 Å². The molecule has 2 rings (SSSR count). The molecular weight excluding hydrogens is 292 g/mol. The molecule has 122 valence electrons. The number of nitrogens with one attached hydrogen (secondary N) is 1. The third kappa shape index (κ3) is 4.03. The van der Waals surface area contributed by atoms with Gasteiger partial charge in [-0.25, -0.2) is 10.1 Å². The number of fused-ring (bicyclic) bond motifs is 1. The number of aromatic nitrogens is 2. The quantitative estimate of drug-likeness (QED) is 0.680. The predicted octanol–water partition coefficient (Wildman–Crippen LogP) is 2.48. The van der Waals surface area contributed by atoms with Crippen LogP contribution in [0.5, 0.6) is 0 Å². The van der Waals surface area contributed by atoms with Gasteiger partial charge in [0.05, 0.1) is 5.39 Å². The highest BCUT2D eigenvalue weighted by Crippen LogP contribution is 2.12. The Balaban J connectivity index is 2.27. The summed E-state index contributed by atoms with van der Waals surface area (Å²) in [6.07, 6.45) is 1.85. The number of amides is 1. The van der Waals surface area contributed by atoms with Gasteiger partial charge >= 0.3 is 0 Å². The van der Waals surface area contributed by atoms with E-state index in [0.29, 0.717) is 16.7 Å². The van der Waals surface area contributed by atoms with Crippen molar-refractivity contribution >= 4 is 22.4 Å². The summed E-state index contributed by atoms with van der Waals surface area (Å²) >= 11 is 0. The maximum Gasteiger partial charge on any atom is 0.292 e. The molecule has 0 radical (unpaired) electrons. The fourth-order valence-corrected chi connectivity index (χ4v) is 2.22. The molecule has 2 aromatic rings. The van der Waals surface area contributed by atoms with Crippen LogP contribution in [-0.4, -0.2) is 21.4 Å². The van der Waals surface area contributed by atoms with Crippen LogP contribution in [0.1, 0.15) is 44.1 Å². The Morgan fingerprint density at radius 2 is 1.96 bits per heavy atom. The van der Waals surface area contributed by atoms with Crippen LogP contribution < -0.4 is 11.0 Å². The summed E-state index contributed by atoms with van der Waals surface area (Å²) in [5, 5.41) is 9.20. The Morgan fingerprint density at radius 3 is 2.61 bits per heavy atom. The molecule has 6 nitrogen and oxygen atoms in total. The predicted molar refractivity (Wildman–Crippen MR) is 91.6 cm³/mol. The Morgan fingerprint density at radius 1 is 1.30 bits per heavy atom. The Bertz CT molecular complexity index is 806. The van der Waals surface area contributed by atoms with E-state index in [0.717, 1.165) is 18.6 Å². The van der Waals surface area contributed by atoms with Crippen LogP contribution in [0, 0.1) is 5.92 Å². The second-order valence-electron chi connectivity index (χ2n) is 6.04. The van der Waals surface area contributed by atoms with Gasteiger partial charge in [0.2, 0.25) is 0 Å². The van der Waals surface area contributed by atoms with E-state index in [1.165, 1.54) is 11.7 Å². The number of nitrogens with zero attached hydrogens (tertiary/aromatic N) is 3. The van der Waals surface area contributed by atoms with Crippen LogP contribution in [0.15, 0.2) is 34.2 Å². The van der Waals surface area contributed by atoms with Gasteiger partial charge in [-0.3, -0.25) is 9.59 Å². The highest BCUT2D eigenvalue weighted by atomic mass is 16.2. The maximum atomic E-state index is 12.4. The molecule has 0 aliphatic carbocycles. The summed E-state index contributed by atoms with van der Waals surface area (Å²) in [6.45, 7) is 6.17. The molecule has 0 aliphatic heterocycles. The van der Waals surface area contributed by atoms with Gasteiger partial charge in [0.25, 0.3) is 11.5 Å². The van der Waals surface area contributed by atoms with E-state index >= 15 is 0 Å². The van der Waals surface area contributed by atoms with Crippen molar-refractivity contribution in [3.8, 4) is 0 Å². The summed E-state index contributed by atoms with van der Waals surface area (Å²) < 4.78 is 1.17. The van der Waals surface area contributed by atoms with Gasteiger partial charge in [0, 0.05) is 18.1 Å². The van der Waals surface area contributed by atoms with Gasteiger partial charge in [-0.2, -0.15) is 10.2 Å². The first-order valence-corrected chi connectivity index (χ1v) is 7.69. The third-order valence-corrected chi connectivity index (χ3v) is 3.60. The van der Waals surface area contributed by atoms with Crippen molar-refractivity contribution in [2.75, 3.05) is 0 Å². The number of aryl methyl sites for hydroxylation is 1. The molecule has 0 saturated heterocycles. The average Bonchev–Trinajstić information content (AvgIpc) is 2.54. The van der Waals surface area contributed by atoms with Crippen molar-refractivity contribution in [2.45, 2.75) is 33.6 Å². The van der Waals surface area contributed by atoms with Crippen molar-refractivity contribution in [1.29, 1.82) is 0 Å². The summed E-state index contributed by atoms with van der Waals surface area (Å²) in [7, 11) is 1.53. The molecule has 1 heterocycles. The largest absolute Gasteiger partial charge is 0.292 e. The van der Waals surface area contributed by atoms with Gasteiger partial charge in [-0.15, -0.1) is 0 Å². The standard InChI is InChI=1S/C17H22N4O2/c1-11(2)9-10-12(3)18-19-16(22)15-13-7-5-6-8-14(13)17(23)21(4)20-15/h5-8,11H,9-10H2,1-4H3,(H,19,22)/b18-12+. The van der Waals surface area contributed by atoms with Crippen molar-refractivity contribution < 1.29 is 4.79 Å². The van der Waals surface area contributed by atoms with Gasteiger partial charge < -0.3 is 0 Å². The normalized spacial score (nSPS) is 12.0. The minimum Gasteiger partial charge on any atom is -0.267 e. The molecule has 1 N–H and O–H groups in total. The van der Waals surface area contributed by atoms with Crippen LogP contribution in [0.3, 0.4) is 0 Å². The summed E-state index contributed by atoms with van der Waals surface area (Å²) in [5.41, 5.74) is 3.36.